The van der Waals surface area contributed by atoms with Gasteiger partial charge in [-0.15, -0.1) is 11.3 Å². The molecule has 0 unspecified atom stereocenters. The number of nitrogens with zero attached hydrogens (tertiary/aromatic N) is 4. The number of anilines is 1. The van der Waals surface area contributed by atoms with Crippen LogP contribution in [0.4, 0.5) is 5.95 Å². The summed E-state index contributed by atoms with van der Waals surface area (Å²) in [4.78, 5) is 13.8. The molecule has 0 aliphatic heterocycles. The van der Waals surface area contributed by atoms with Crippen LogP contribution in [0.2, 0.25) is 0 Å². The Morgan fingerprint density at radius 1 is 1.41 bits per heavy atom. The highest BCUT2D eigenvalue weighted by Gasteiger charge is 2.11. The van der Waals surface area contributed by atoms with Crippen LogP contribution in [0, 0.1) is 6.92 Å². The molecule has 0 amide bonds. The van der Waals surface area contributed by atoms with E-state index in [1.54, 1.807) is 17.5 Å². The van der Waals surface area contributed by atoms with Gasteiger partial charge in [-0.1, -0.05) is 0 Å². The van der Waals surface area contributed by atoms with Gasteiger partial charge in [-0.25, -0.2) is 15.8 Å². The molecule has 0 spiro atoms. The molecule has 0 aliphatic carbocycles. The van der Waals surface area contributed by atoms with Gasteiger partial charge in [0.1, 0.15) is 10.7 Å². The van der Waals surface area contributed by atoms with Crippen LogP contribution in [-0.4, -0.2) is 19.5 Å². The number of aromatic nitrogens is 4. The molecule has 0 atom stereocenters. The average molecular weight is 246 g/mol. The number of hydrazine groups is 1. The SMILES string of the molecule is Cc1nccn1-c1nc(NN)nc2sccc12. The standard InChI is InChI=1S/C10H10N6S/c1-6-12-3-4-16(6)8-7-2-5-17-9(7)14-10(13-8)15-11/h2-5H,11H2,1H3,(H,13,14,15). The van der Waals surface area contributed by atoms with E-state index >= 15 is 0 Å². The fraction of sp³-hybridized carbons (Fsp3) is 0.100. The van der Waals surface area contributed by atoms with E-state index in [1.165, 1.54) is 0 Å². The zero-order chi connectivity index (χ0) is 11.8. The minimum atomic E-state index is 0.406. The predicted molar refractivity (Wildman–Crippen MR) is 67.1 cm³/mol. The summed E-state index contributed by atoms with van der Waals surface area (Å²) in [7, 11) is 0. The highest BCUT2D eigenvalue weighted by atomic mass is 32.1. The average Bonchev–Trinajstić information content (AvgIpc) is 2.95. The Morgan fingerprint density at radius 3 is 3.00 bits per heavy atom. The van der Waals surface area contributed by atoms with Crippen molar-refractivity contribution < 1.29 is 0 Å². The van der Waals surface area contributed by atoms with Crippen molar-refractivity contribution in [1.29, 1.82) is 0 Å². The van der Waals surface area contributed by atoms with Crippen molar-refractivity contribution in [1.82, 2.24) is 19.5 Å². The number of imidazole rings is 1. The molecule has 0 fully saturated rings. The van der Waals surface area contributed by atoms with E-state index < -0.39 is 0 Å². The summed E-state index contributed by atoms with van der Waals surface area (Å²) in [5, 5.41) is 2.98. The lowest BCUT2D eigenvalue weighted by Gasteiger charge is -2.07. The largest absolute Gasteiger partial charge is 0.292 e. The van der Waals surface area contributed by atoms with Crippen LogP contribution < -0.4 is 11.3 Å². The molecule has 0 radical (unpaired) electrons. The first kappa shape index (κ1) is 10.2. The molecule has 7 heteroatoms. The summed E-state index contributed by atoms with van der Waals surface area (Å²) < 4.78 is 1.91. The van der Waals surface area contributed by atoms with Crippen LogP contribution in [0.15, 0.2) is 23.8 Å². The van der Waals surface area contributed by atoms with Gasteiger partial charge in [0, 0.05) is 12.4 Å². The van der Waals surface area contributed by atoms with E-state index in [0.29, 0.717) is 5.95 Å². The first-order valence-electron chi connectivity index (χ1n) is 5.02. The van der Waals surface area contributed by atoms with E-state index in [0.717, 1.165) is 21.9 Å². The summed E-state index contributed by atoms with van der Waals surface area (Å²) in [5.41, 5.74) is 2.48. The number of nitrogens with one attached hydrogen (secondary N) is 1. The highest BCUT2D eigenvalue weighted by molar-refractivity contribution is 7.16. The maximum absolute atomic E-state index is 5.37. The van der Waals surface area contributed by atoms with Gasteiger partial charge in [0.15, 0.2) is 5.82 Å². The van der Waals surface area contributed by atoms with Crippen molar-refractivity contribution in [2.24, 2.45) is 5.84 Å². The van der Waals surface area contributed by atoms with Crippen LogP contribution in [0.25, 0.3) is 16.0 Å². The van der Waals surface area contributed by atoms with Gasteiger partial charge in [-0.2, -0.15) is 4.98 Å². The van der Waals surface area contributed by atoms with Crippen molar-refractivity contribution in [3.8, 4) is 5.82 Å². The third-order valence-electron chi connectivity index (χ3n) is 2.49. The fourth-order valence-corrected chi connectivity index (χ4v) is 2.45. The Labute approximate surface area is 101 Å². The van der Waals surface area contributed by atoms with Crippen LogP contribution in [0.5, 0.6) is 0 Å². The third-order valence-corrected chi connectivity index (χ3v) is 3.29. The van der Waals surface area contributed by atoms with Crippen molar-refractivity contribution in [3.05, 3.63) is 29.7 Å². The lowest BCUT2D eigenvalue weighted by Crippen LogP contribution is -2.12. The molecule has 3 aromatic heterocycles. The summed E-state index contributed by atoms with van der Waals surface area (Å²) in [5.74, 6) is 7.45. The summed E-state index contributed by atoms with van der Waals surface area (Å²) in [6.45, 7) is 1.93. The van der Waals surface area contributed by atoms with Gasteiger partial charge in [0.2, 0.25) is 5.95 Å². The summed E-state index contributed by atoms with van der Waals surface area (Å²) in [6, 6.07) is 2.00. The molecule has 3 aromatic rings. The lowest BCUT2D eigenvalue weighted by molar-refractivity contribution is 0.935. The maximum atomic E-state index is 5.37. The Balaban J connectivity index is 2.34. The number of aryl methyl sites for hydroxylation is 1. The first-order valence-corrected chi connectivity index (χ1v) is 5.90. The van der Waals surface area contributed by atoms with Gasteiger partial charge in [0.05, 0.1) is 5.39 Å². The van der Waals surface area contributed by atoms with Gasteiger partial charge in [-0.3, -0.25) is 9.99 Å². The maximum Gasteiger partial charge on any atom is 0.240 e. The molecule has 17 heavy (non-hydrogen) atoms. The molecule has 0 saturated carbocycles. The molecule has 3 rings (SSSR count). The number of rotatable bonds is 2. The van der Waals surface area contributed by atoms with Crippen LogP contribution in [-0.2, 0) is 0 Å². The van der Waals surface area contributed by atoms with E-state index in [4.69, 9.17) is 5.84 Å². The van der Waals surface area contributed by atoms with Crippen molar-refractivity contribution in [2.75, 3.05) is 5.43 Å². The Kier molecular flexibility index (Phi) is 2.27. The fourth-order valence-electron chi connectivity index (χ4n) is 1.69. The Bertz CT molecular complexity index is 670. The van der Waals surface area contributed by atoms with E-state index in [1.807, 2.05) is 29.1 Å². The highest BCUT2D eigenvalue weighted by Crippen LogP contribution is 2.25. The van der Waals surface area contributed by atoms with Crippen molar-refractivity contribution in [2.45, 2.75) is 6.92 Å². The third kappa shape index (κ3) is 1.56. The van der Waals surface area contributed by atoms with E-state index in [2.05, 4.69) is 20.4 Å². The van der Waals surface area contributed by atoms with Crippen LogP contribution in [0.1, 0.15) is 5.82 Å². The van der Waals surface area contributed by atoms with Crippen molar-refractivity contribution >= 4 is 27.5 Å². The first-order chi connectivity index (χ1) is 8.29. The molecule has 86 valence electrons. The molecule has 0 bridgehead atoms. The topological polar surface area (TPSA) is 81.7 Å². The number of thiophene rings is 1. The molecule has 0 aliphatic rings. The Hall–Kier alpha value is -1.99. The smallest absolute Gasteiger partial charge is 0.240 e. The molecule has 3 heterocycles. The quantitative estimate of drug-likeness (QED) is 0.528. The van der Waals surface area contributed by atoms with Crippen LogP contribution >= 0.6 is 11.3 Å². The molecule has 0 saturated heterocycles. The van der Waals surface area contributed by atoms with E-state index in [9.17, 15) is 0 Å². The lowest BCUT2D eigenvalue weighted by atomic mass is 10.3. The monoisotopic (exact) mass is 246 g/mol. The summed E-state index contributed by atoms with van der Waals surface area (Å²) in [6.07, 6.45) is 3.61. The second kappa shape index (κ2) is 3.79. The normalized spacial score (nSPS) is 10.9. The molecule has 3 N–H and O–H groups in total. The van der Waals surface area contributed by atoms with Crippen LogP contribution in [0.3, 0.4) is 0 Å². The second-order valence-corrected chi connectivity index (χ2v) is 4.39. The zero-order valence-electron chi connectivity index (χ0n) is 9.08. The van der Waals surface area contributed by atoms with Gasteiger partial charge < -0.3 is 0 Å². The number of fused-ring (bicyclic) bond motifs is 1. The van der Waals surface area contributed by atoms with Gasteiger partial charge in [0.25, 0.3) is 0 Å². The summed E-state index contributed by atoms with van der Waals surface area (Å²) >= 11 is 1.55. The number of nitrogen functional groups attached to an aromatic ring is 1. The number of nitrogens with two attached hydrogens (primary N) is 1. The zero-order valence-corrected chi connectivity index (χ0v) is 9.90. The molecule has 6 nitrogen and oxygen atoms in total. The van der Waals surface area contributed by atoms with Gasteiger partial charge >= 0.3 is 0 Å². The number of hydrogen-bond donors (Lipinski definition) is 2. The predicted octanol–water partition coefficient (Wildman–Crippen LogP) is 1.47. The number of hydrogen-bond acceptors (Lipinski definition) is 6. The molecular formula is C10H10N6S. The van der Waals surface area contributed by atoms with Gasteiger partial charge in [-0.05, 0) is 18.4 Å². The molecular weight excluding hydrogens is 236 g/mol. The van der Waals surface area contributed by atoms with Crippen molar-refractivity contribution in [3.63, 3.8) is 0 Å². The minimum Gasteiger partial charge on any atom is -0.292 e. The Morgan fingerprint density at radius 2 is 2.29 bits per heavy atom. The molecule has 0 aromatic carbocycles. The second-order valence-electron chi connectivity index (χ2n) is 3.50. The van der Waals surface area contributed by atoms with E-state index in [-0.39, 0.29) is 0 Å². The minimum absolute atomic E-state index is 0.406.